The maximum atomic E-state index is 8.40. The van der Waals surface area contributed by atoms with Crippen molar-refractivity contribution in [2.45, 2.75) is 39.4 Å². The summed E-state index contributed by atoms with van der Waals surface area (Å²) in [6, 6.07) is 44.6. The summed E-state index contributed by atoms with van der Waals surface area (Å²) >= 11 is 1.82. The van der Waals surface area contributed by atoms with Crippen molar-refractivity contribution in [2.24, 2.45) is 0 Å². The first kappa shape index (κ1) is 31.6. The Bertz CT molecular complexity index is 2370. The molecule has 0 bridgehead atoms. The normalized spacial score (nSPS) is 12.1. The number of hydrogen-bond acceptors (Lipinski definition) is 3. The van der Waals surface area contributed by atoms with Gasteiger partial charge in [0.25, 0.3) is 0 Å². The Morgan fingerprint density at radius 1 is 0.681 bits per heavy atom. The molecule has 8 rings (SSSR count). The first-order chi connectivity index (χ1) is 22.6. The van der Waals surface area contributed by atoms with Gasteiger partial charge in [0.1, 0.15) is 0 Å². The van der Waals surface area contributed by atoms with Gasteiger partial charge in [-0.1, -0.05) is 99.0 Å². The van der Waals surface area contributed by atoms with Crippen molar-refractivity contribution in [3.8, 4) is 22.5 Å². The van der Waals surface area contributed by atoms with E-state index in [1.54, 1.807) is 0 Å². The molecule has 0 saturated carbocycles. The number of rotatable bonds is 4. The molecule has 1 radical (unpaired) electrons. The second kappa shape index (κ2) is 13.6. The molecular formula is C42H36IrN2SSi-2. The van der Waals surface area contributed by atoms with Crippen molar-refractivity contribution in [2.75, 3.05) is 0 Å². The average Bonchev–Trinajstić information content (AvgIpc) is 3.47. The summed E-state index contributed by atoms with van der Waals surface area (Å²) in [6.07, 6.45) is 3.82. The van der Waals surface area contributed by atoms with E-state index in [4.69, 9.17) is 1.37 Å². The van der Waals surface area contributed by atoms with Gasteiger partial charge in [-0.25, -0.2) is 0 Å². The van der Waals surface area contributed by atoms with Gasteiger partial charge >= 0.3 is 0 Å². The fourth-order valence-corrected chi connectivity index (χ4v) is 8.20. The molecule has 0 saturated heterocycles. The zero-order chi connectivity index (χ0) is 32.8. The van der Waals surface area contributed by atoms with Gasteiger partial charge in [0.2, 0.25) is 0 Å². The molecule has 0 aliphatic rings. The molecule has 0 aliphatic heterocycles. The summed E-state index contributed by atoms with van der Waals surface area (Å²) in [4.78, 5) is 9.16. The monoisotopic (exact) mass is 822 g/mol. The first-order valence-electron chi connectivity index (χ1n) is 16.2. The zero-order valence-corrected chi connectivity index (χ0v) is 31.4. The van der Waals surface area contributed by atoms with Crippen LogP contribution >= 0.6 is 11.3 Å². The van der Waals surface area contributed by atoms with Crippen LogP contribution in [0.3, 0.4) is 0 Å². The number of thiophene rings is 1. The van der Waals surface area contributed by atoms with E-state index in [2.05, 4.69) is 108 Å². The van der Waals surface area contributed by atoms with Gasteiger partial charge < -0.3 is 9.97 Å². The van der Waals surface area contributed by atoms with E-state index in [-0.39, 0.29) is 20.1 Å². The van der Waals surface area contributed by atoms with E-state index in [1.165, 1.54) is 46.9 Å². The van der Waals surface area contributed by atoms with Crippen LogP contribution in [0.4, 0.5) is 0 Å². The van der Waals surface area contributed by atoms with Crippen molar-refractivity contribution in [3.63, 3.8) is 0 Å². The second-order valence-electron chi connectivity index (χ2n) is 12.9. The van der Waals surface area contributed by atoms with Gasteiger partial charge in [-0.3, -0.25) is 0 Å². The molecule has 0 spiro atoms. The van der Waals surface area contributed by atoms with E-state index >= 15 is 0 Å². The van der Waals surface area contributed by atoms with Crippen LogP contribution in [0.25, 0.3) is 64.2 Å². The summed E-state index contributed by atoms with van der Waals surface area (Å²) < 4.78 is 10.9. The van der Waals surface area contributed by atoms with Gasteiger partial charge in [-0.2, -0.15) is 11.3 Å². The second-order valence-corrected chi connectivity index (χ2v) is 19.0. The third kappa shape index (κ3) is 6.72. The molecule has 0 fully saturated rings. The minimum Gasteiger partial charge on any atom is -0.305 e. The van der Waals surface area contributed by atoms with E-state index in [1.807, 2.05) is 80.0 Å². The van der Waals surface area contributed by atoms with Gasteiger partial charge in [0, 0.05) is 38.6 Å². The number of fused-ring (bicyclic) bond motifs is 6. The Morgan fingerprint density at radius 2 is 1.45 bits per heavy atom. The fraction of sp³-hybridized carbons (Fsp3) is 0.143. The largest absolute Gasteiger partial charge is 0.305 e. The molecule has 0 atom stereocenters. The standard InChI is InChI=1S/C28H20NS.C14H16NSi.Ir/c1-17(2)18-12-13-29-26(16-18)24-9-5-8-22-23-11-10-21-14-19-6-3-4-7-20(19)15-25(21)28(23)30-27(22)24;1-16(2,3)13-9-10-14(15-11-13)12-7-5-4-6-8-12;/h3-8,10-17H,1-2H3;4-7,9-11H,1-3H3;/q2*-1;/i17D;;. The zero-order valence-electron chi connectivity index (χ0n) is 28.2. The van der Waals surface area contributed by atoms with E-state index in [0.29, 0.717) is 0 Å². The molecule has 8 aromatic rings. The van der Waals surface area contributed by atoms with Crippen molar-refractivity contribution >= 4 is 66.3 Å². The molecule has 3 aromatic heterocycles. The summed E-state index contributed by atoms with van der Waals surface area (Å²) in [7, 11) is -1.23. The van der Waals surface area contributed by atoms with Crippen LogP contribution < -0.4 is 5.19 Å². The summed E-state index contributed by atoms with van der Waals surface area (Å²) in [5.74, 6) is -0.664. The smallest absolute Gasteiger partial charge is 0.0795 e. The SMILES string of the molecule is C[Si](C)(C)c1ccc(-c2[c-]cccc2)nc1.[2H]C(C)(C)c1ccnc(-c2[c-]ccc3c2sc2c4cc5ccccc5cc4ccc32)c1.[Ir]. The number of nitrogens with zero attached hydrogens (tertiary/aromatic N) is 2. The fourth-order valence-electron chi connectivity index (χ4n) is 5.83. The Kier molecular flexibility index (Phi) is 9.16. The summed E-state index contributed by atoms with van der Waals surface area (Å²) in [5, 5.41) is 8.99. The molecule has 0 unspecified atom stereocenters. The molecule has 47 heavy (non-hydrogen) atoms. The molecular weight excluding hydrogens is 785 g/mol. The first-order valence-corrected chi connectivity index (χ1v) is 20.0. The van der Waals surface area contributed by atoms with Gasteiger partial charge in [0.15, 0.2) is 0 Å². The molecule has 0 aliphatic carbocycles. The van der Waals surface area contributed by atoms with Crippen molar-refractivity contribution < 1.29 is 21.5 Å². The van der Waals surface area contributed by atoms with E-state index in [0.717, 1.165) is 28.1 Å². The number of pyridine rings is 2. The molecule has 3 heterocycles. The Morgan fingerprint density at radius 3 is 2.15 bits per heavy atom. The Balaban J connectivity index is 0.000000201. The maximum Gasteiger partial charge on any atom is 0.0795 e. The average molecular weight is 822 g/mol. The quantitative estimate of drug-likeness (QED) is 0.100. The Labute approximate surface area is 297 Å². The molecule has 235 valence electrons. The third-order valence-electron chi connectivity index (χ3n) is 8.49. The van der Waals surface area contributed by atoms with Gasteiger partial charge in [-0.05, 0) is 72.3 Å². The molecule has 2 nitrogen and oxygen atoms in total. The van der Waals surface area contributed by atoms with Crippen molar-refractivity contribution in [1.82, 2.24) is 9.97 Å². The van der Waals surface area contributed by atoms with Crippen LogP contribution in [-0.4, -0.2) is 18.0 Å². The van der Waals surface area contributed by atoms with Crippen LogP contribution in [0.15, 0.2) is 122 Å². The molecule has 0 N–H and O–H groups in total. The van der Waals surface area contributed by atoms with Crippen molar-refractivity contribution in [3.05, 3.63) is 139 Å². The van der Waals surface area contributed by atoms with Crippen LogP contribution in [0.5, 0.6) is 0 Å². The van der Waals surface area contributed by atoms with Crippen LogP contribution in [-0.2, 0) is 20.1 Å². The third-order valence-corrected chi connectivity index (χ3v) is 11.8. The van der Waals surface area contributed by atoms with E-state index < -0.39 is 14.0 Å². The topological polar surface area (TPSA) is 25.8 Å². The summed E-state index contributed by atoms with van der Waals surface area (Å²) in [5.41, 5.74) is 4.91. The predicted octanol–water partition coefficient (Wildman–Crippen LogP) is 11.4. The van der Waals surface area contributed by atoms with Crippen LogP contribution in [0, 0.1) is 12.1 Å². The van der Waals surface area contributed by atoms with Gasteiger partial charge in [0.05, 0.1) is 8.07 Å². The van der Waals surface area contributed by atoms with Crippen LogP contribution in [0.2, 0.25) is 19.6 Å². The molecule has 5 aromatic carbocycles. The number of benzene rings is 5. The number of hydrogen-bond donors (Lipinski definition) is 0. The van der Waals surface area contributed by atoms with E-state index in [9.17, 15) is 0 Å². The van der Waals surface area contributed by atoms with Crippen LogP contribution in [0.1, 0.15) is 26.7 Å². The molecule has 0 amide bonds. The minimum absolute atomic E-state index is 0. The maximum absolute atomic E-state index is 8.40. The summed E-state index contributed by atoms with van der Waals surface area (Å²) in [6.45, 7) is 10.8. The minimum atomic E-state index is -1.23. The molecule has 5 heteroatoms. The Hall–Kier alpha value is -3.99. The van der Waals surface area contributed by atoms with Crippen molar-refractivity contribution in [1.29, 1.82) is 0 Å². The number of aromatic nitrogens is 2. The predicted molar refractivity (Wildman–Crippen MR) is 202 cm³/mol. The van der Waals surface area contributed by atoms with Gasteiger partial charge in [-0.15, -0.1) is 59.7 Å².